The van der Waals surface area contributed by atoms with Crippen LogP contribution >= 0.6 is 0 Å². The number of alkyl halides is 9. The van der Waals surface area contributed by atoms with E-state index in [2.05, 4.69) is 4.28 Å². The number of aliphatic carboxylic acids is 1. The first-order chi connectivity index (χ1) is 23.6. The molecule has 0 radical (unpaired) electrons. The molecule has 3 aliphatic rings. The number of cyclic esters (lactones) is 2. The maximum absolute atomic E-state index is 14.5. The zero-order valence-electron chi connectivity index (χ0n) is 28.4. The fourth-order valence-electron chi connectivity index (χ4n) is 7.46. The molecule has 2 fully saturated rings. The summed E-state index contributed by atoms with van der Waals surface area (Å²) < 4.78 is 160. The van der Waals surface area contributed by atoms with Crippen LogP contribution in [0.1, 0.15) is 83.8 Å². The smallest absolute Gasteiger partial charge is 0.460 e. The number of halogens is 9. The SMILES string of the molecule is CC1C(=O)OC(=O)C1C1C2CC(c3c2c(O)n(OS(=O)(=O)C(F)(F)C(F)(F)C(F)(F)C(F)(F)F)c3O)C1CC(CC(C)(C)C(=O)O)C(=O)OC(C)(C)C. The fourth-order valence-corrected chi connectivity index (χ4v) is 8.33. The molecule has 1 saturated heterocycles. The van der Waals surface area contributed by atoms with E-state index in [1.807, 2.05) is 0 Å². The van der Waals surface area contributed by atoms with Crippen LogP contribution in [-0.4, -0.2) is 81.2 Å². The lowest BCUT2D eigenvalue weighted by molar-refractivity contribution is -0.382. The second kappa shape index (κ2) is 12.6. The molecule has 3 N–H and O–H groups in total. The number of hydrogen-bond acceptors (Lipinski definition) is 11. The Bertz CT molecular complexity index is 1820. The van der Waals surface area contributed by atoms with Crippen molar-refractivity contribution < 1.29 is 96.2 Å². The number of esters is 3. The van der Waals surface area contributed by atoms with E-state index in [4.69, 9.17) is 9.47 Å². The van der Waals surface area contributed by atoms with Gasteiger partial charge in [-0.1, -0.05) is 11.7 Å². The zero-order valence-corrected chi connectivity index (χ0v) is 29.3. The van der Waals surface area contributed by atoms with Crippen molar-refractivity contribution >= 4 is 34.0 Å². The van der Waals surface area contributed by atoms with E-state index < -0.39 is 144 Å². The molecule has 1 aromatic heterocycles. The Labute approximate surface area is 294 Å². The first kappa shape index (κ1) is 41.8. The van der Waals surface area contributed by atoms with E-state index in [-0.39, 0.29) is 12.8 Å². The first-order valence-electron chi connectivity index (χ1n) is 15.7. The molecule has 2 aliphatic carbocycles. The molecule has 7 unspecified atom stereocenters. The number of carboxylic acids is 1. The van der Waals surface area contributed by atoms with E-state index in [1.54, 1.807) is 0 Å². The summed E-state index contributed by atoms with van der Waals surface area (Å²) in [6, 6.07) is 0. The predicted octanol–water partition coefficient (Wildman–Crippen LogP) is 5.08. The molecule has 0 spiro atoms. The van der Waals surface area contributed by atoms with Crippen molar-refractivity contribution in [2.75, 3.05) is 0 Å². The van der Waals surface area contributed by atoms with Crippen LogP contribution in [-0.2, 0) is 38.8 Å². The molecule has 1 aromatic rings. The Kier molecular flexibility index (Phi) is 9.92. The van der Waals surface area contributed by atoms with Crippen molar-refractivity contribution in [2.45, 2.75) is 102 Å². The zero-order chi connectivity index (χ0) is 41.0. The topological polar surface area (TPSA) is 196 Å². The number of aromatic nitrogens is 1. The maximum Gasteiger partial charge on any atom is 0.460 e. The van der Waals surface area contributed by atoms with Crippen molar-refractivity contribution in [3.8, 4) is 11.8 Å². The fraction of sp³-hybridized carbons (Fsp3) is 0.733. The van der Waals surface area contributed by atoms with Crippen LogP contribution in [0.5, 0.6) is 11.8 Å². The van der Waals surface area contributed by atoms with Crippen molar-refractivity contribution in [1.82, 2.24) is 4.73 Å². The molecule has 0 amide bonds. The second-order valence-corrected chi connectivity index (χ2v) is 16.6. The van der Waals surface area contributed by atoms with Crippen LogP contribution in [0.4, 0.5) is 39.5 Å². The number of carboxylic acid groups (broad SMARTS) is 1. The molecule has 1 saturated carbocycles. The lowest BCUT2D eigenvalue weighted by atomic mass is 9.65. The summed E-state index contributed by atoms with van der Waals surface area (Å²) in [6.45, 7) is 8.34. The molecule has 2 heterocycles. The second-order valence-electron chi connectivity index (χ2n) is 15.1. The predicted molar refractivity (Wildman–Crippen MR) is 155 cm³/mol. The molecule has 1 aliphatic heterocycles. The highest BCUT2D eigenvalue weighted by Gasteiger charge is 2.86. The quantitative estimate of drug-likeness (QED) is 0.144. The minimum atomic E-state index is -7.71. The summed E-state index contributed by atoms with van der Waals surface area (Å²) in [4.78, 5) is 51.0. The first-order valence-corrected chi connectivity index (χ1v) is 17.1. The van der Waals surface area contributed by atoms with E-state index >= 15 is 0 Å². The van der Waals surface area contributed by atoms with Gasteiger partial charge in [-0.2, -0.15) is 47.9 Å². The van der Waals surface area contributed by atoms with Crippen LogP contribution < -0.4 is 4.28 Å². The van der Waals surface area contributed by atoms with E-state index in [0.717, 1.165) is 0 Å². The number of aromatic hydroxyl groups is 2. The number of rotatable bonds is 12. The molecule has 7 atom stereocenters. The summed E-state index contributed by atoms with van der Waals surface area (Å²) in [5, 5.41) is 24.4. The summed E-state index contributed by atoms with van der Waals surface area (Å²) in [7, 11) is -7.66. The van der Waals surface area contributed by atoms with Gasteiger partial charge in [0.25, 0.3) is 0 Å². The van der Waals surface area contributed by atoms with Gasteiger partial charge in [-0.05, 0) is 77.6 Å². The number of carbonyl (C=O) groups excluding carboxylic acids is 3. The molecule has 13 nitrogen and oxygen atoms in total. The Morgan fingerprint density at radius 3 is 1.83 bits per heavy atom. The van der Waals surface area contributed by atoms with Gasteiger partial charge < -0.3 is 24.8 Å². The summed E-state index contributed by atoms with van der Waals surface area (Å²) in [5.41, 5.74) is -3.81. The molecular formula is C30H34F9NO12S. The van der Waals surface area contributed by atoms with Crippen LogP contribution in [0, 0.1) is 35.0 Å². The highest BCUT2D eigenvalue weighted by atomic mass is 32.2. The Morgan fingerprint density at radius 2 is 1.40 bits per heavy atom. The monoisotopic (exact) mass is 803 g/mol. The molecular weight excluding hydrogens is 769 g/mol. The van der Waals surface area contributed by atoms with Crippen LogP contribution in [0.25, 0.3) is 0 Å². The van der Waals surface area contributed by atoms with Crippen LogP contribution in [0.2, 0.25) is 0 Å². The van der Waals surface area contributed by atoms with Gasteiger partial charge in [-0.3, -0.25) is 23.5 Å². The Hall–Kier alpha value is -3.92. The summed E-state index contributed by atoms with van der Waals surface area (Å²) >= 11 is 0. The highest BCUT2D eigenvalue weighted by Crippen LogP contribution is 2.68. The van der Waals surface area contributed by atoms with Crippen molar-refractivity contribution in [3.05, 3.63) is 11.1 Å². The van der Waals surface area contributed by atoms with Gasteiger partial charge in [0, 0.05) is 11.1 Å². The average Bonchev–Trinajstić information content (AvgIpc) is 3.66. The number of nitrogens with zero attached hydrogens (tertiary/aromatic N) is 1. The number of fused-ring (bicyclic) bond motifs is 5. The molecule has 53 heavy (non-hydrogen) atoms. The van der Waals surface area contributed by atoms with Crippen LogP contribution in [0.3, 0.4) is 0 Å². The largest absolute Gasteiger partial charge is 0.492 e. The Morgan fingerprint density at radius 1 is 0.887 bits per heavy atom. The van der Waals surface area contributed by atoms with Gasteiger partial charge in [0.1, 0.15) is 5.60 Å². The van der Waals surface area contributed by atoms with Gasteiger partial charge in [0.2, 0.25) is 11.8 Å². The van der Waals surface area contributed by atoms with Crippen LogP contribution in [0.15, 0.2) is 0 Å². The maximum atomic E-state index is 14.5. The van der Waals surface area contributed by atoms with Gasteiger partial charge in [-0.25, -0.2) is 0 Å². The molecule has 2 bridgehead atoms. The van der Waals surface area contributed by atoms with E-state index in [9.17, 15) is 82.4 Å². The van der Waals surface area contributed by atoms with Crippen molar-refractivity contribution in [1.29, 1.82) is 0 Å². The van der Waals surface area contributed by atoms with Crippen molar-refractivity contribution in [3.63, 3.8) is 0 Å². The minimum Gasteiger partial charge on any atom is -0.492 e. The highest BCUT2D eigenvalue weighted by molar-refractivity contribution is 7.88. The molecule has 300 valence electrons. The van der Waals surface area contributed by atoms with Gasteiger partial charge in [0.15, 0.2) is 0 Å². The lowest BCUT2D eigenvalue weighted by Crippen LogP contribution is -2.64. The van der Waals surface area contributed by atoms with E-state index in [0.29, 0.717) is 0 Å². The average molecular weight is 804 g/mol. The van der Waals surface area contributed by atoms with Crippen molar-refractivity contribution in [2.24, 2.45) is 35.0 Å². The number of carbonyl (C=O) groups is 4. The third kappa shape index (κ3) is 6.53. The third-order valence-electron chi connectivity index (χ3n) is 9.92. The van der Waals surface area contributed by atoms with Gasteiger partial charge >= 0.3 is 57.3 Å². The van der Waals surface area contributed by atoms with E-state index in [1.165, 1.54) is 41.5 Å². The molecule has 23 heteroatoms. The third-order valence-corrected chi connectivity index (χ3v) is 11.1. The Balaban J connectivity index is 1.85. The van der Waals surface area contributed by atoms with Gasteiger partial charge in [0.05, 0.1) is 23.2 Å². The number of hydrogen-bond donors (Lipinski definition) is 3. The normalized spacial score (nSPS) is 26.0. The standard InChI is InChI=1S/C30H34F9NO12S/c1-10-15(23(45)50-21(10)43)16-12(7-11(9-26(5,6)24(46)47)22(44)51-25(2,3)4)13-8-14(16)18-17(13)19(41)40(20(18)42)52-53(48,49)30(38,39)28(33,34)27(31,32)29(35,36)37/h10-16,41-42H,7-9H2,1-6H3,(H,46,47). The summed E-state index contributed by atoms with van der Waals surface area (Å²) in [6.07, 6.45) is -8.37. The number of ether oxygens (including phenoxy) is 2. The van der Waals surface area contributed by atoms with Gasteiger partial charge in [-0.15, -0.1) is 0 Å². The summed E-state index contributed by atoms with van der Waals surface area (Å²) in [5.74, 6) is -31.7. The molecule has 0 aromatic carbocycles. The molecule has 4 rings (SSSR count). The lowest BCUT2D eigenvalue weighted by Gasteiger charge is -2.37. The minimum absolute atomic E-state index is 0.186.